The van der Waals surface area contributed by atoms with Gasteiger partial charge in [0, 0.05) is 49.0 Å². The summed E-state index contributed by atoms with van der Waals surface area (Å²) >= 11 is 1.75. The highest BCUT2D eigenvalue weighted by Gasteiger charge is 2.52. The van der Waals surface area contributed by atoms with Crippen molar-refractivity contribution in [3.05, 3.63) is 247 Å². The molecule has 0 unspecified atom stereocenters. The van der Waals surface area contributed by atoms with E-state index in [1.165, 1.54) is 15.8 Å². The largest absolute Gasteiger partial charge is 0.457 e. The molecular formula is C62H37N5OS. The molecule has 0 N–H and O–H groups in total. The molecule has 3 aromatic heterocycles. The predicted molar refractivity (Wildman–Crippen MR) is 278 cm³/mol. The van der Waals surface area contributed by atoms with E-state index < -0.39 is 5.41 Å². The Bertz CT molecular complexity index is 3900. The number of nitrogens with zero attached hydrogens (tertiary/aromatic N) is 5. The van der Waals surface area contributed by atoms with Crippen LogP contribution in [0.2, 0.25) is 0 Å². The minimum atomic E-state index is -0.740. The van der Waals surface area contributed by atoms with E-state index in [2.05, 4.69) is 158 Å². The normalized spacial score (nSPS) is 12.9. The molecule has 322 valence electrons. The first-order valence-corrected chi connectivity index (χ1v) is 23.9. The number of para-hydroxylation sites is 2. The molecule has 14 rings (SSSR count). The summed E-state index contributed by atoms with van der Waals surface area (Å²) in [6.45, 7) is 0. The fourth-order valence-electron chi connectivity index (χ4n) is 10.6. The first-order valence-electron chi connectivity index (χ1n) is 23.1. The molecule has 0 amide bonds. The molecule has 0 saturated heterocycles. The number of rotatable bonds is 6. The van der Waals surface area contributed by atoms with Crippen molar-refractivity contribution in [2.24, 2.45) is 0 Å². The number of aromatic nitrogens is 5. The van der Waals surface area contributed by atoms with Crippen LogP contribution in [0.15, 0.2) is 224 Å². The molecule has 0 radical (unpaired) electrons. The summed E-state index contributed by atoms with van der Waals surface area (Å²) in [5.41, 5.74) is 14.9. The monoisotopic (exact) mass is 899 g/mol. The molecule has 4 heterocycles. The molecule has 0 bridgehead atoms. The lowest BCUT2D eigenvalue weighted by atomic mass is 9.66. The van der Waals surface area contributed by atoms with Gasteiger partial charge in [-0.25, -0.2) is 24.9 Å². The average molecular weight is 900 g/mol. The number of thiophene rings is 1. The Hall–Kier alpha value is -8.91. The van der Waals surface area contributed by atoms with Crippen LogP contribution in [0.25, 0.3) is 99.4 Å². The SMILES string of the molecule is c1ccc(-c2nc(-c3ccccc3)nc(-c3ccc4c(c3)C3(c5ccccc5Oc5ccccc53)c3cccc(-c5cccc(-c6nc(-c7ccccc7)c7sc8ccccc8c7n6)c5)c3-4)n2)cc1. The third kappa shape index (κ3) is 6.14. The molecule has 12 aromatic rings. The van der Waals surface area contributed by atoms with Crippen molar-refractivity contribution < 1.29 is 4.74 Å². The maximum atomic E-state index is 6.77. The molecule has 2 aliphatic rings. The van der Waals surface area contributed by atoms with Crippen LogP contribution in [0, 0.1) is 0 Å². The van der Waals surface area contributed by atoms with Crippen molar-refractivity contribution in [1.82, 2.24) is 24.9 Å². The lowest BCUT2D eigenvalue weighted by Gasteiger charge is -2.39. The average Bonchev–Trinajstić information content (AvgIpc) is 3.95. The van der Waals surface area contributed by atoms with E-state index in [-0.39, 0.29) is 0 Å². The van der Waals surface area contributed by atoms with Crippen molar-refractivity contribution in [2.45, 2.75) is 5.41 Å². The van der Waals surface area contributed by atoms with Crippen LogP contribution in [0.5, 0.6) is 11.5 Å². The highest BCUT2D eigenvalue weighted by Crippen LogP contribution is 2.63. The van der Waals surface area contributed by atoms with Crippen molar-refractivity contribution in [3.8, 4) is 90.6 Å². The van der Waals surface area contributed by atoms with E-state index in [0.717, 1.165) is 94.0 Å². The molecule has 1 aliphatic heterocycles. The van der Waals surface area contributed by atoms with Gasteiger partial charge in [0.05, 0.1) is 21.3 Å². The zero-order valence-electron chi connectivity index (χ0n) is 36.9. The molecule has 0 atom stereocenters. The smallest absolute Gasteiger partial charge is 0.164 e. The lowest BCUT2D eigenvalue weighted by Crippen LogP contribution is -2.32. The van der Waals surface area contributed by atoms with Gasteiger partial charge in [0.15, 0.2) is 23.3 Å². The Labute approximate surface area is 402 Å². The quantitative estimate of drug-likeness (QED) is 0.166. The van der Waals surface area contributed by atoms with E-state index in [9.17, 15) is 0 Å². The Kier molecular flexibility index (Phi) is 8.87. The summed E-state index contributed by atoms with van der Waals surface area (Å²) in [6.07, 6.45) is 0. The lowest BCUT2D eigenvalue weighted by molar-refractivity contribution is 0.436. The van der Waals surface area contributed by atoms with Crippen LogP contribution in [0.3, 0.4) is 0 Å². The second kappa shape index (κ2) is 15.6. The van der Waals surface area contributed by atoms with Crippen molar-refractivity contribution in [1.29, 1.82) is 0 Å². The van der Waals surface area contributed by atoms with E-state index in [0.29, 0.717) is 23.3 Å². The second-order valence-corrected chi connectivity index (χ2v) is 18.5. The van der Waals surface area contributed by atoms with Gasteiger partial charge < -0.3 is 4.74 Å². The molecule has 1 spiro atoms. The van der Waals surface area contributed by atoms with E-state index >= 15 is 0 Å². The van der Waals surface area contributed by atoms with Gasteiger partial charge in [0.2, 0.25) is 0 Å². The maximum absolute atomic E-state index is 6.77. The Balaban J connectivity index is 1.00. The van der Waals surface area contributed by atoms with Crippen LogP contribution in [0.1, 0.15) is 22.3 Å². The number of hydrogen-bond donors (Lipinski definition) is 0. The fraction of sp³-hybridized carbons (Fsp3) is 0.0161. The minimum absolute atomic E-state index is 0.600. The summed E-state index contributed by atoms with van der Waals surface area (Å²) in [5.74, 6) is 4.18. The first kappa shape index (κ1) is 39.3. The third-order valence-corrected chi connectivity index (χ3v) is 14.8. The van der Waals surface area contributed by atoms with E-state index in [1.54, 1.807) is 11.3 Å². The molecule has 0 saturated carbocycles. The summed E-state index contributed by atoms with van der Waals surface area (Å²) in [4.78, 5) is 26.1. The molecule has 1 aliphatic carbocycles. The molecule has 69 heavy (non-hydrogen) atoms. The van der Waals surface area contributed by atoms with E-state index in [1.807, 2.05) is 66.7 Å². The van der Waals surface area contributed by atoms with Crippen LogP contribution >= 0.6 is 11.3 Å². The van der Waals surface area contributed by atoms with Gasteiger partial charge in [-0.1, -0.05) is 194 Å². The van der Waals surface area contributed by atoms with Crippen molar-refractivity contribution in [2.75, 3.05) is 0 Å². The molecule has 0 fully saturated rings. The van der Waals surface area contributed by atoms with Crippen LogP contribution in [0.4, 0.5) is 0 Å². The summed E-state index contributed by atoms with van der Waals surface area (Å²) in [6, 6.07) is 78.5. The molecule has 7 heteroatoms. The number of hydrogen-bond acceptors (Lipinski definition) is 7. The highest BCUT2D eigenvalue weighted by atomic mass is 32.1. The topological polar surface area (TPSA) is 73.7 Å². The van der Waals surface area contributed by atoms with Gasteiger partial charge in [0.1, 0.15) is 11.5 Å². The molecule has 9 aromatic carbocycles. The van der Waals surface area contributed by atoms with Gasteiger partial charge >= 0.3 is 0 Å². The highest BCUT2D eigenvalue weighted by molar-refractivity contribution is 7.26. The Morgan fingerprint density at radius 2 is 0.870 bits per heavy atom. The van der Waals surface area contributed by atoms with Gasteiger partial charge in [-0.2, -0.15) is 0 Å². The van der Waals surface area contributed by atoms with Gasteiger partial charge in [-0.05, 0) is 63.7 Å². The zero-order chi connectivity index (χ0) is 45.5. The summed E-state index contributed by atoms with van der Waals surface area (Å²) in [5, 5.41) is 1.14. The maximum Gasteiger partial charge on any atom is 0.164 e. The van der Waals surface area contributed by atoms with Crippen LogP contribution < -0.4 is 4.74 Å². The first-order chi connectivity index (χ1) is 34.2. The Morgan fingerprint density at radius 1 is 0.348 bits per heavy atom. The number of benzene rings is 9. The van der Waals surface area contributed by atoms with E-state index in [4.69, 9.17) is 29.7 Å². The van der Waals surface area contributed by atoms with Crippen LogP contribution in [-0.2, 0) is 5.41 Å². The number of fused-ring (bicyclic) bond motifs is 12. The van der Waals surface area contributed by atoms with Crippen molar-refractivity contribution in [3.63, 3.8) is 0 Å². The second-order valence-electron chi connectivity index (χ2n) is 17.5. The minimum Gasteiger partial charge on any atom is -0.457 e. The van der Waals surface area contributed by atoms with Gasteiger partial charge in [-0.15, -0.1) is 11.3 Å². The van der Waals surface area contributed by atoms with Gasteiger partial charge in [-0.3, -0.25) is 0 Å². The fourth-order valence-corrected chi connectivity index (χ4v) is 11.8. The standard InChI is InChI=1S/C62H37N5OS/c1-4-18-38(19-5-1)55-57-56(46-26-10-15-33-53(46)69-57)64-60(63-55)42-25-16-24-41(36-42)44-27-17-30-49-54(44)45-35-34-43(37-50(45)62(49)47-28-11-13-31-51(47)68-52-32-14-12-29-48(52)62)61-66-58(39-20-6-2-7-21-39)65-59(67-61)40-22-8-3-9-23-40/h1-37H. The zero-order valence-corrected chi connectivity index (χ0v) is 37.7. The van der Waals surface area contributed by atoms with Crippen molar-refractivity contribution >= 4 is 31.6 Å². The Morgan fingerprint density at radius 3 is 1.57 bits per heavy atom. The van der Waals surface area contributed by atoms with Gasteiger partial charge in [0.25, 0.3) is 0 Å². The number of ether oxygens (including phenoxy) is 1. The summed E-state index contributed by atoms with van der Waals surface area (Å²) < 4.78 is 9.05. The third-order valence-electron chi connectivity index (χ3n) is 13.6. The molecular weight excluding hydrogens is 863 g/mol. The predicted octanol–water partition coefficient (Wildman–Crippen LogP) is 15.5. The van der Waals surface area contributed by atoms with Crippen LogP contribution in [-0.4, -0.2) is 24.9 Å². The molecule has 6 nitrogen and oxygen atoms in total. The summed E-state index contributed by atoms with van der Waals surface area (Å²) in [7, 11) is 0.